The Kier molecular flexibility index (Phi) is 4.23. The Morgan fingerprint density at radius 1 is 1.26 bits per heavy atom. The third-order valence-corrected chi connectivity index (χ3v) is 3.73. The van der Waals surface area contributed by atoms with Crippen molar-refractivity contribution in [1.82, 2.24) is 10.3 Å². The molecule has 1 aliphatic heterocycles. The maximum absolute atomic E-state index is 12.2. The molecule has 6 nitrogen and oxygen atoms in total. The number of carbonyl (C=O) groups is 2. The average molecular weight is 310 g/mol. The summed E-state index contributed by atoms with van der Waals surface area (Å²) in [6.45, 7) is 2.48. The van der Waals surface area contributed by atoms with Crippen molar-refractivity contribution in [3.63, 3.8) is 0 Å². The van der Waals surface area contributed by atoms with Gasteiger partial charge < -0.3 is 15.5 Å². The summed E-state index contributed by atoms with van der Waals surface area (Å²) in [7, 11) is 0. The molecule has 1 fully saturated rings. The van der Waals surface area contributed by atoms with Crippen LogP contribution in [0.4, 0.5) is 16.2 Å². The largest absolute Gasteiger partial charge is 0.333 e. The van der Waals surface area contributed by atoms with Crippen molar-refractivity contribution in [3.05, 3.63) is 54.4 Å². The summed E-state index contributed by atoms with van der Waals surface area (Å²) in [5, 5.41) is 5.53. The zero-order valence-corrected chi connectivity index (χ0v) is 12.8. The molecule has 1 atom stereocenters. The number of aryl methyl sites for hydroxylation is 1. The van der Waals surface area contributed by atoms with Crippen LogP contribution in [0.15, 0.2) is 48.8 Å². The van der Waals surface area contributed by atoms with Gasteiger partial charge >= 0.3 is 6.03 Å². The number of nitrogens with zero attached hydrogens (tertiary/aromatic N) is 2. The molecule has 1 aliphatic rings. The average Bonchev–Trinajstić information content (AvgIpc) is 2.89. The first-order valence-electron chi connectivity index (χ1n) is 7.46. The van der Waals surface area contributed by atoms with Gasteiger partial charge in [0.25, 0.3) is 0 Å². The highest BCUT2D eigenvalue weighted by Gasteiger charge is 2.31. The predicted molar refractivity (Wildman–Crippen MR) is 88.3 cm³/mol. The second kappa shape index (κ2) is 6.48. The molecule has 2 aromatic rings. The molecular formula is C17H18N4O2. The van der Waals surface area contributed by atoms with E-state index in [0.717, 1.165) is 11.3 Å². The molecule has 6 heteroatoms. The standard InChI is InChI=1S/C17H18N4O2/c1-12-4-6-15(7-5-12)21-11-14(9-16(21)22)20-17(23)19-13-3-2-8-18-10-13/h2-8,10,14H,9,11H2,1H3,(H2,19,20,23). The Hall–Kier alpha value is -2.89. The van der Waals surface area contributed by atoms with E-state index in [0.29, 0.717) is 18.7 Å². The maximum Gasteiger partial charge on any atom is 0.319 e. The lowest BCUT2D eigenvalue weighted by atomic mass is 10.2. The quantitative estimate of drug-likeness (QED) is 0.913. The number of urea groups is 1. The zero-order valence-electron chi connectivity index (χ0n) is 12.8. The van der Waals surface area contributed by atoms with Gasteiger partial charge in [-0.3, -0.25) is 9.78 Å². The molecule has 2 N–H and O–H groups in total. The molecule has 1 aromatic carbocycles. The van der Waals surface area contributed by atoms with E-state index in [4.69, 9.17) is 0 Å². The number of anilines is 2. The molecule has 118 valence electrons. The number of rotatable bonds is 3. The second-order valence-electron chi connectivity index (χ2n) is 5.58. The molecule has 23 heavy (non-hydrogen) atoms. The van der Waals surface area contributed by atoms with Crippen molar-refractivity contribution in [2.24, 2.45) is 0 Å². The molecule has 0 spiro atoms. The van der Waals surface area contributed by atoms with Crippen LogP contribution in [-0.4, -0.2) is 29.5 Å². The van der Waals surface area contributed by atoms with Crippen molar-refractivity contribution >= 4 is 23.3 Å². The fourth-order valence-electron chi connectivity index (χ4n) is 2.57. The van der Waals surface area contributed by atoms with E-state index < -0.39 is 0 Å². The van der Waals surface area contributed by atoms with Crippen LogP contribution in [0.25, 0.3) is 0 Å². The highest BCUT2D eigenvalue weighted by molar-refractivity contribution is 5.97. The summed E-state index contributed by atoms with van der Waals surface area (Å²) in [4.78, 5) is 29.8. The highest BCUT2D eigenvalue weighted by atomic mass is 16.2. The fourth-order valence-corrected chi connectivity index (χ4v) is 2.57. The number of nitrogens with one attached hydrogen (secondary N) is 2. The topological polar surface area (TPSA) is 74.3 Å². The van der Waals surface area contributed by atoms with Gasteiger partial charge in [-0.2, -0.15) is 0 Å². The lowest BCUT2D eigenvalue weighted by molar-refractivity contribution is -0.117. The van der Waals surface area contributed by atoms with Gasteiger partial charge in [-0.15, -0.1) is 0 Å². The van der Waals surface area contributed by atoms with Crippen LogP contribution in [0.5, 0.6) is 0 Å². The van der Waals surface area contributed by atoms with E-state index in [2.05, 4.69) is 15.6 Å². The minimum atomic E-state index is -0.332. The molecule has 3 amide bonds. The molecular weight excluding hydrogens is 292 g/mol. The van der Waals surface area contributed by atoms with Crippen LogP contribution in [0, 0.1) is 6.92 Å². The normalized spacial score (nSPS) is 17.2. The number of carbonyl (C=O) groups excluding carboxylic acids is 2. The van der Waals surface area contributed by atoms with Crippen molar-refractivity contribution in [2.45, 2.75) is 19.4 Å². The van der Waals surface area contributed by atoms with E-state index in [9.17, 15) is 9.59 Å². The van der Waals surface area contributed by atoms with Gasteiger partial charge in [0.05, 0.1) is 17.9 Å². The van der Waals surface area contributed by atoms with Crippen LogP contribution in [0.2, 0.25) is 0 Å². The Balaban J connectivity index is 1.59. The summed E-state index contributed by atoms with van der Waals surface area (Å²) >= 11 is 0. The molecule has 2 heterocycles. The SMILES string of the molecule is Cc1ccc(N2CC(NC(=O)Nc3cccnc3)CC2=O)cc1. The first-order chi connectivity index (χ1) is 11.1. The van der Waals surface area contributed by atoms with Gasteiger partial charge in [-0.1, -0.05) is 17.7 Å². The molecule has 0 aliphatic carbocycles. The molecule has 3 rings (SSSR count). The van der Waals surface area contributed by atoms with Crippen molar-refractivity contribution in [2.75, 3.05) is 16.8 Å². The molecule has 0 saturated carbocycles. The Morgan fingerprint density at radius 2 is 2.04 bits per heavy atom. The summed E-state index contributed by atoms with van der Waals surface area (Å²) in [5.74, 6) is 0.0144. The number of aromatic nitrogens is 1. The van der Waals surface area contributed by atoms with Gasteiger partial charge in [-0.25, -0.2) is 4.79 Å². The number of hydrogen-bond donors (Lipinski definition) is 2. The summed E-state index contributed by atoms with van der Waals surface area (Å²) in [6, 6.07) is 10.7. The molecule has 0 bridgehead atoms. The van der Waals surface area contributed by atoms with Crippen LogP contribution in [0.3, 0.4) is 0 Å². The van der Waals surface area contributed by atoms with E-state index in [1.54, 1.807) is 29.4 Å². The minimum absolute atomic E-state index is 0.0144. The Labute approximate surface area is 134 Å². The van der Waals surface area contributed by atoms with Gasteiger partial charge in [0, 0.05) is 24.8 Å². The number of amides is 3. The van der Waals surface area contributed by atoms with E-state index >= 15 is 0 Å². The maximum atomic E-state index is 12.2. The summed E-state index contributed by atoms with van der Waals surface area (Å²) < 4.78 is 0. The van der Waals surface area contributed by atoms with Crippen molar-refractivity contribution in [1.29, 1.82) is 0 Å². The third kappa shape index (κ3) is 3.66. The van der Waals surface area contributed by atoms with Crippen LogP contribution in [-0.2, 0) is 4.79 Å². The fraction of sp³-hybridized carbons (Fsp3) is 0.235. The lowest BCUT2D eigenvalue weighted by Crippen LogP contribution is -2.39. The van der Waals surface area contributed by atoms with Crippen molar-refractivity contribution in [3.8, 4) is 0 Å². The molecule has 1 unspecified atom stereocenters. The van der Waals surface area contributed by atoms with Gasteiger partial charge in [0.1, 0.15) is 0 Å². The monoisotopic (exact) mass is 310 g/mol. The zero-order chi connectivity index (χ0) is 16.2. The Morgan fingerprint density at radius 3 is 2.74 bits per heavy atom. The van der Waals surface area contributed by atoms with E-state index in [1.807, 2.05) is 31.2 Å². The predicted octanol–water partition coefficient (Wildman–Crippen LogP) is 2.32. The molecule has 1 saturated heterocycles. The smallest absolute Gasteiger partial charge is 0.319 e. The van der Waals surface area contributed by atoms with Gasteiger partial charge in [0.2, 0.25) is 5.91 Å². The summed E-state index contributed by atoms with van der Waals surface area (Å²) in [5.41, 5.74) is 2.62. The lowest BCUT2D eigenvalue weighted by Gasteiger charge is -2.17. The number of benzene rings is 1. The molecule has 0 radical (unpaired) electrons. The van der Waals surface area contributed by atoms with E-state index in [1.165, 1.54) is 0 Å². The Bertz CT molecular complexity index is 700. The van der Waals surface area contributed by atoms with Crippen LogP contribution in [0.1, 0.15) is 12.0 Å². The van der Waals surface area contributed by atoms with Gasteiger partial charge in [-0.05, 0) is 31.2 Å². The van der Waals surface area contributed by atoms with Crippen molar-refractivity contribution < 1.29 is 9.59 Å². The first kappa shape index (κ1) is 15.0. The number of pyridine rings is 1. The molecule has 1 aromatic heterocycles. The number of hydrogen-bond acceptors (Lipinski definition) is 3. The second-order valence-corrected chi connectivity index (χ2v) is 5.58. The third-order valence-electron chi connectivity index (χ3n) is 3.73. The highest BCUT2D eigenvalue weighted by Crippen LogP contribution is 2.22. The first-order valence-corrected chi connectivity index (χ1v) is 7.46. The van der Waals surface area contributed by atoms with Crippen LogP contribution < -0.4 is 15.5 Å². The summed E-state index contributed by atoms with van der Waals surface area (Å²) in [6.07, 6.45) is 3.50. The minimum Gasteiger partial charge on any atom is -0.333 e. The van der Waals surface area contributed by atoms with Crippen LogP contribution >= 0.6 is 0 Å². The van der Waals surface area contributed by atoms with Gasteiger partial charge in [0.15, 0.2) is 0 Å². The van der Waals surface area contributed by atoms with E-state index in [-0.39, 0.29) is 18.0 Å².